The zero-order valence-electron chi connectivity index (χ0n) is 9.91. The van der Waals surface area contributed by atoms with Gasteiger partial charge in [-0.3, -0.25) is 4.98 Å². The molecule has 18 heavy (non-hydrogen) atoms. The average molecular weight is 300 g/mol. The van der Waals surface area contributed by atoms with E-state index < -0.39 is 10.8 Å². The molecular weight excluding hydrogens is 289 g/mol. The Hall–Kier alpha value is -0.900. The van der Waals surface area contributed by atoms with Crippen molar-refractivity contribution in [3.63, 3.8) is 0 Å². The van der Waals surface area contributed by atoms with Crippen molar-refractivity contribution in [2.24, 2.45) is 0 Å². The largest absolute Gasteiger partial charge is 0.255 e. The van der Waals surface area contributed by atoms with E-state index in [0.29, 0.717) is 31.2 Å². The van der Waals surface area contributed by atoms with Gasteiger partial charge in [0.1, 0.15) is 0 Å². The maximum atomic E-state index is 12.5. The number of benzene rings is 1. The van der Waals surface area contributed by atoms with Crippen LogP contribution in [-0.2, 0) is 10.8 Å². The van der Waals surface area contributed by atoms with E-state index in [1.807, 2.05) is 18.2 Å². The molecule has 0 aliphatic carbocycles. The third-order valence-electron chi connectivity index (χ3n) is 2.51. The Morgan fingerprint density at radius 2 is 1.50 bits per heavy atom. The standard InChI is InChI=1S/C13H11Cl2NOS/c1-8-11(14)13(12(15)9(2)16-8)18(17)10-6-4-3-5-7-10/h3-7H,1-2H3. The van der Waals surface area contributed by atoms with Gasteiger partial charge < -0.3 is 0 Å². The number of aromatic nitrogens is 1. The first-order valence-corrected chi connectivity index (χ1v) is 7.22. The van der Waals surface area contributed by atoms with E-state index in [1.165, 1.54) is 0 Å². The van der Waals surface area contributed by atoms with Crippen LogP contribution in [0.2, 0.25) is 10.0 Å². The molecule has 94 valence electrons. The summed E-state index contributed by atoms with van der Waals surface area (Å²) in [7, 11) is -1.39. The van der Waals surface area contributed by atoms with Gasteiger partial charge >= 0.3 is 0 Å². The summed E-state index contributed by atoms with van der Waals surface area (Å²) in [5.41, 5.74) is 1.27. The van der Waals surface area contributed by atoms with Gasteiger partial charge in [-0.2, -0.15) is 0 Å². The number of aryl methyl sites for hydroxylation is 2. The monoisotopic (exact) mass is 299 g/mol. The maximum Gasteiger partial charge on any atom is 0.0881 e. The fourth-order valence-corrected chi connectivity index (χ4v) is 3.60. The molecule has 0 saturated heterocycles. The first kappa shape index (κ1) is 13.5. The van der Waals surface area contributed by atoms with Crippen LogP contribution in [0.1, 0.15) is 11.4 Å². The zero-order valence-corrected chi connectivity index (χ0v) is 12.2. The van der Waals surface area contributed by atoms with Crippen LogP contribution in [0.5, 0.6) is 0 Å². The quantitative estimate of drug-likeness (QED) is 0.833. The number of nitrogens with zero attached hydrogens (tertiary/aromatic N) is 1. The third-order valence-corrected chi connectivity index (χ3v) is 5.14. The van der Waals surface area contributed by atoms with Crippen LogP contribution in [0.15, 0.2) is 40.1 Å². The minimum Gasteiger partial charge on any atom is -0.255 e. The molecule has 0 amide bonds. The Balaban J connectivity index is 2.62. The highest BCUT2D eigenvalue weighted by Crippen LogP contribution is 2.34. The molecule has 2 nitrogen and oxygen atoms in total. The molecule has 1 heterocycles. The summed E-state index contributed by atoms with van der Waals surface area (Å²) >= 11 is 12.4. The van der Waals surface area contributed by atoms with Gasteiger partial charge in [-0.25, -0.2) is 4.21 Å². The van der Waals surface area contributed by atoms with Crippen molar-refractivity contribution >= 4 is 34.0 Å². The molecule has 0 spiro atoms. The molecule has 0 radical (unpaired) electrons. The van der Waals surface area contributed by atoms with E-state index >= 15 is 0 Å². The second-order valence-electron chi connectivity index (χ2n) is 3.82. The van der Waals surface area contributed by atoms with Crippen molar-refractivity contribution in [2.75, 3.05) is 0 Å². The number of hydrogen-bond donors (Lipinski definition) is 0. The second kappa shape index (κ2) is 5.39. The van der Waals surface area contributed by atoms with Crippen LogP contribution in [0.3, 0.4) is 0 Å². The van der Waals surface area contributed by atoms with Gasteiger partial charge in [-0.1, -0.05) is 41.4 Å². The Morgan fingerprint density at radius 1 is 1.00 bits per heavy atom. The molecule has 1 atom stereocenters. The van der Waals surface area contributed by atoms with Gasteiger partial charge in [0.25, 0.3) is 0 Å². The molecule has 0 fully saturated rings. The molecule has 1 aromatic carbocycles. The van der Waals surface area contributed by atoms with Crippen LogP contribution in [0.4, 0.5) is 0 Å². The Morgan fingerprint density at radius 3 is 2.00 bits per heavy atom. The summed E-state index contributed by atoms with van der Waals surface area (Å²) in [6, 6.07) is 9.10. The summed E-state index contributed by atoms with van der Waals surface area (Å²) in [6.07, 6.45) is 0. The van der Waals surface area contributed by atoms with E-state index in [4.69, 9.17) is 23.2 Å². The van der Waals surface area contributed by atoms with Crippen molar-refractivity contribution in [1.29, 1.82) is 0 Å². The molecule has 2 aromatic rings. The van der Waals surface area contributed by atoms with E-state index in [9.17, 15) is 4.21 Å². The lowest BCUT2D eigenvalue weighted by molar-refractivity contribution is 0.683. The van der Waals surface area contributed by atoms with Gasteiger partial charge in [-0.05, 0) is 26.0 Å². The minimum atomic E-state index is -1.39. The predicted molar refractivity (Wildman–Crippen MR) is 74.8 cm³/mol. The molecule has 0 aliphatic heterocycles. The highest BCUT2D eigenvalue weighted by Gasteiger charge is 2.19. The van der Waals surface area contributed by atoms with E-state index in [1.54, 1.807) is 26.0 Å². The number of rotatable bonds is 2. The normalized spacial score (nSPS) is 12.4. The fourth-order valence-electron chi connectivity index (χ4n) is 1.60. The van der Waals surface area contributed by atoms with Crippen LogP contribution >= 0.6 is 23.2 Å². The van der Waals surface area contributed by atoms with Crippen molar-refractivity contribution in [1.82, 2.24) is 4.98 Å². The van der Waals surface area contributed by atoms with Gasteiger partial charge in [0.2, 0.25) is 0 Å². The van der Waals surface area contributed by atoms with Gasteiger partial charge in [0.05, 0.1) is 37.1 Å². The first-order valence-electron chi connectivity index (χ1n) is 5.31. The van der Waals surface area contributed by atoms with Gasteiger partial charge in [-0.15, -0.1) is 0 Å². The molecule has 0 bridgehead atoms. The van der Waals surface area contributed by atoms with Crippen molar-refractivity contribution < 1.29 is 4.21 Å². The van der Waals surface area contributed by atoms with Crippen LogP contribution in [0.25, 0.3) is 0 Å². The maximum absolute atomic E-state index is 12.5. The summed E-state index contributed by atoms with van der Waals surface area (Å²) in [5, 5.41) is 0.737. The molecule has 2 rings (SSSR count). The van der Waals surface area contributed by atoms with Crippen LogP contribution in [0, 0.1) is 13.8 Å². The fraction of sp³-hybridized carbons (Fsp3) is 0.154. The van der Waals surface area contributed by atoms with Gasteiger partial charge in [0, 0.05) is 4.90 Å². The van der Waals surface area contributed by atoms with Crippen molar-refractivity contribution in [3.05, 3.63) is 51.8 Å². The topological polar surface area (TPSA) is 30.0 Å². The lowest BCUT2D eigenvalue weighted by atomic mass is 10.3. The van der Waals surface area contributed by atoms with Crippen molar-refractivity contribution in [3.8, 4) is 0 Å². The SMILES string of the molecule is Cc1nc(C)c(Cl)c(S(=O)c2ccccc2)c1Cl. The molecule has 1 unspecified atom stereocenters. The average Bonchev–Trinajstić information content (AvgIpc) is 2.37. The molecule has 0 N–H and O–H groups in total. The highest BCUT2D eigenvalue weighted by molar-refractivity contribution is 7.85. The Kier molecular flexibility index (Phi) is 4.05. The summed E-state index contributed by atoms with van der Waals surface area (Å²) < 4.78 is 12.5. The molecule has 5 heteroatoms. The molecule has 0 saturated carbocycles. The second-order valence-corrected chi connectivity index (χ2v) is 5.99. The molecular formula is C13H11Cl2NOS. The number of pyridine rings is 1. The first-order chi connectivity index (χ1) is 8.52. The Labute approximate surface area is 118 Å². The van der Waals surface area contributed by atoms with E-state index in [2.05, 4.69) is 4.98 Å². The summed E-state index contributed by atoms with van der Waals surface area (Å²) in [5.74, 6) is 0. The Bertz CT molecular complexity index is 588. The summed E-state index contributed by atoms with van der Waals surface area (Å²) in [4.78, 5) is 5.32. The molecule has 0 aliphatic rings. The summed E-state index contributed by atoms with van der Waals surface area (Å²) in [6.45, 7) is 3.55. The van der Waals surface area contributed by atoms with Crippen molar-refractivity contribution in [2.45, 2.75) is 23.6 Å². The number of halogens is 2. The van der Waals surface area contributed by atoms with E-state index in [0.717, 1.165) is 0 Å². The number of hydrogen-bond acceptors (Lipinski definition) is 2. The zero-order chi connectivity index (χ0) is 13.3. The van der Waals surface area contributed by atoms with Gasteiger partial charge in [0.15, 0.2) is 0 Å². The minimum absolute atomic E-state index is 0.368. The van der Waals surface area contributed by atoms with E-state index in [-0.39, 0.29) is 0 Å². The smallest absolute Gasteiger partial charge is 0.0881 e. The predicted octanol–water partition coefficient (Wildman–Crippen LogP) is 4.17. The third kappa shape index (κ3) is 2.44. The molecule has 1 aromatic heterocycles. The van der Waals surface area contributed by atoms with Crippen LogP contribution in [-0.4, -0.2) is 9.19 Å². The van der Waals surface area contributed by atoms with Crippen LogP contribution < -0.4 is 0 Å². The lowest BCUT2D eigenvalue weighted by Crippen LogP contribution is -2.00. The lowest BCUT2D eigenvalue weighted by Gasteiger charge is -2.11. The highest BCUT2D eigenvalue weighted by atomic mass is 35.5.